The van der Waals surface area contributed by atoms with E-state index in [9.17, 15) is 9.90 Å². The van der Waals surface area contributed by atoms with Gasteiger partial charge in [-0.2, -0.15) is 5.10 Å². The highest BCUT2D eigenvalue weighted by molar-refractivity contribution is 5.90. The van der Waals surface area contributed by atoms with Crippen LogP contribution in [0.2, 0.25) is 0 Å². The fraction of sp³-hybridized carbons (Fsp3) is 0.429. The Kier molecular flexibility index (Phi) is 4.04. The van der Waals surface area contributed by atoms with Gasteiger partial charge < -0.3 is 9.84 Å². The topological polar surface area (TPSA) is 64.3 Å². The Morgan fingerprint density at radius 2 is 2.37 bits per heavy atom. The first-order valence-corrected chi connectivity index (χ1v) is 6.41. The third kappa shape index (κ3) is 2.86. The lowest BCUT2D eigenvalue weighted by atomic mass is 10.1. The average molecular weight is 262 g/mol. The van der Waals surface area contributed by atoms with Gasteiger partial charge in [0.15, 0.2) is 5.75 Å². The van der Waals surface area contributed by atoms with E-state index < -0.39 is 5.97 Å². The van der Waals surface area contributed by atoms with Crippen molar-refractivity contribution in [3.8, 4) is 5.75 Å². The molecule has 0 unspecified atom stereocenters. The number of esters is 1. The summed E-state index contributed by atoms with van der Waals surface area (Å²) < 4.78 is 6.51. The van der Waals surface area contributed by atoms with E-state index in [1.165, 1.54) is 5.57 Å². The van der Waals surface area contributed by atoms with Crippen molar-refractivity contribution < 1.29 is 14.6 Å². The van der Waals surface area contributed by atoms with Crippen LogP contribution in [0, 0.1) is 6.92 Å². The third-order valence-electron chi connectivity index (χ3n) is 3.10. The van der Waals surface area contributed by atoms with Crippen LogP contribution in [0.1, 0.15) is 35.9 Å². The van der Waals surface area contributed by atoms with Gasteiger partial charge in [0, 0.05) is 0 Å². The lowest BCUT2D eigenvalue weighted by Crippen LogP contribution is -2.09. The van der Waals surface area contributed by atoms with Gasteiger partial charge in [0.2, 0.25) is 5.69 Å². The van der Waals surface area contributed by atoms with E-state index in [2.05, 4.69) is 11.2 Å². The zero-order valence-electron chi connectivity index (χ0n) is 11.2. The number of allylic oxidation sites excluding steroid dienone is 4. The van der Waals surface area contributed by atoms with Crippen molar-refractivity contribution >= 4 is 5.97 Å². The molecular weight excluding hydrogens is 244 g/mol. The molecule has 1 N–H and O–H groups in total. The monoisotopic (exact) mass is 262 g/mol. The molecule has 102 valence electrons. The predicted molar refractivity (Wildman–Crippen MR) is 71.0 cm³/mol. The maximum Gasteiger partial charge on any atom is 0.362 e. The third-order valence-corrected chi connectivity index (χ3v) is 3.10. The lowest BCUT2D eigenvalue weighted by molar-refractivity contribution is 0.0515. The average Bonchev–Trinajstić information content (AvgIpc) is 2.69. The first-order chi connectivity index (χ1) is 9.13. The molecule has 5 nitrogen and oxygen atoms in total. The van der Waals surface area contributed by atoms with Crippen molar-refractivity contribution in [3.05, 3.63) is 35.2 Å². The number of aromatic nitrogens is 2. The number of rotatable bonds is 4. The van der Waals surface area contributed by atoms with Crippen molar-refractivity contribution in [2.75, 3.05) is 6.61 Å². The highest BCUT2D eigenvalue weighted by Crippen LogP contribution is 2.24. The molecule has 0 aliphatic heterocycles. The van der Waals surface area contributed by atoms with Crippen LogP contribution < -0.4 is 0 Å². The van der Waals surface area contributed by atoms with E-state index >= 15 is 0 Å². The number of aromatic hydroxyl groups is 1. The standard InChI is InChI=1S/C14H18N2O3/c1-3-19-14(18)12-13(17)10(2)16(15-12)9-11-7-5-4-6-8-11/h4-5,7,17H,3,6,8-9H2,1-2H3. The van der Waals surface area contributed by atoms with Gasteiger partial charge in [-0.15, -0.1) is 0 Å². The van der Waals surface area contributed by atoms with Crippen LogP contribution in [0.5, 0.6) is 5.75 Å². The summed E-state index contributed by atoms with van der Waals surface area (Å²) in [6.45, 7) is 4.31. The zero-order chi connectivity index (χ0) is 13.8. The Morgan fingerprint density at radius 1 is 1.58 bits per heavy atom. The molecule has 1 heterocycles. The zero-order valence-corrected chi connectivity index (χ0v) is 11.2. The van der Waals surface area contributed by atoms with E-state index in [1.54, 1.807) is 18.5 Å². The molecule has 0 saturated heterocycles. The Labute approximate surface area is 112 Å². The van der Waals surface area contributed by atoms with Crippen molar-refractivity contribution in [2.24, 2.45) is 0 Å². The minimum atomic E-state index is -0.584. The molecule has 19 heavy (non-hydrogen) atoms. The molecule has 0 saturated carbocycles. The summed E-state index contributed by atoms with van der Waals surface area (Å²) in [5.41, 5.74) is 1.80. The number of carbonyl (C=O) groups is 1. The summed E-state index contributed by atoms with van der Waals surface area (Å²) in [4.78, 5) is 11.6. The molecule has 5 heteroatoms. The molecule has 1 aromatic heterocycles. The largest absolute Gasteiger partial charge is 0.504 e. The summed E-state index contributed by atoms with van der Waals surface area (Å²) in [5, 5.41) is 14.1. The molecule has 2 rings (SSSR count). The van der Waals surface area contributed by atoms with Crippen LogP contribution >= 0.6 is 0 Å². The van der Waals surface area contributed by atoms with Gasteiger partial charge in [-0.1, -0.05) is 18.2 Å². The highest BCUT2D eigenvalue weighted by Gasteiger charge is 2.21. The number of hydrogen-bond acceptors (Lipinski definition) is 4. The number of nitrogens with zero attached hydrogens (tertiary/aromatic N) is 2. The van der Waals surface area contributed by atoms with E-state index in [0.717, 1.165) is 12.8 Å². The molecule has 0 bridgehead atoms. The quantitative estimate of drug-likeness (QED) is 0.846. The molecule has 0 atom stereocenters. The highest BCUT2D eigenvalue weighted by atomic mass is 16.5. The second kappa shape index (κ2) is 5.73. The first kappa shape index (κ1) is 13.4. The fourth-order valence-electron chi connectivity index (χ4n) is 2.00. The minimum Gasteiger partial charge on any atom is -0.504 e. The van der Waals surface area contributed by atoms with Gasteiger partial charge in [0.05, 0.1) is 18.8 Å². The summed E-state index contributed by atoms with van der Waals surface area (Å²) in [5.74, 6) is -0.676. The second-order valence-electron chi connectivity index (χ2n) is 4.45. The number of carbonyl (C=O) groups excluding carboxylic acids is 1. The summed E-state index contributed by atoms with van der Waals surface area (Å²) in [6.07, 6.45) is 8.17. The summed E-state index contributed by atoms with van der Waals surface area (Å²) >= 11 is 0. The molecular formula is C14H18N2O3. The predicted octanol–water partition coefficient (Wildman–Crippen LogP) is 2.35. The van der Waals surface area contributed by atoms with Crippen LogP contribution in [0.25, 0.3) is 0 Å². The van der Waals surface area contributed by atoms with Crippen LogP contribution in [-0.2, 0) is 11.3 Å². The maximum atomic E-state index is 11.6. The van der Waals surface area contributed by atoms with Crippen LogP contribution in [-0.4, -0.2) is 27.5 Å². The van der Waals surface area contributed by atoms with Crippen molar-refractivity contribution in [3.63, 3.8) is 0 Å². The molecule has 0 aromatic carbocycles. The fourth-order valence-corrected chi connectivity index (χ4v) is 2.00. The minimum absolute atomic E-state index is 0.00805. The van der Waals surface area contributed by atoms with E-state index in [4.69, 9.17) is 4.74 Å². The molecule has 0 amide bonds. The van der Waals surface area contributed by atoms with Gasteiger partial charge in [-0.05, 0) is 32.3 Å². The van der Waals surface area contributed by atoms with E-state index in [1.807, 2.05) is 12.2 Å². The van der Waals surface area contributed by atoms with Gasteiger partial charge in [-0.25, -0.2) is 4.79 Å². The normalized spacial score (nSPS) is 14.3. The van der Waals surface area contributed by atoms with Crippen molar-refractivity contribution in [1.82, 2.24) is 9.78 Å². The van der Waals surface area contributed by atoms with E-state index in [-0.39, 0.29) is 18.1 Å². The second-order valence-corrected chi connectivity index (χ2v) is 4.45. The Bertz CT molecular complexity index is 541. The molecule has 0 radical (unpaired) electrons. The van der Waals surface area contributed by atoms with Crippen LogP contribution in [0.15, 0.2) is 23.8 Å². The van der Waals surface area contributed by atoms with Gasteiger partial charge in [-0.3, -0.25) is 4.68 Å². The van der Waals surface area contributed by atoms with E-state index in [0.29, 0.717) is 12.2 Å². The summed E-state index contributed by atoms with van der Waals surface area (Å²) in [7, 11) is 0. The summed E-state index contributed by atoms with van der Waals surface area (Å²) in [6, 6.07) is 0. The Hall–Kier alpha value is -2.04. The lowest BCUT2D eigenvalue weighted by Gasteiger charge is -2.10. The smallest absolute Gasteiger partial charge is 0.362 e. The van der Waals surface area contributed by atoms with Gasteiger partial charge >= 0.3 is 5.97 Å². The molecule has 1 aromatic rings. The Morgan fingerprint density at radius 3 is 3.00 bits per heavy atom. The van der Waals surface area contributed by atoms with Crippen LogP contribution in [0.3, 0.4) is 0 Å². The number of ether oxygens (including phenoxy) is 1. The van der Waals surface area contributed by atoms with Crippen molar-refractivity contribution in [1.29, 1.82) is 0 Å². The first-order valence-electron chi connectivity index (χ1n) is 6.41. The molecule has 1 aliphatic carbocycles. The van der Waals surface area contributed by atoms with Crippen molar-refractivity contribution in [2.45, 2.75) is 33.2 Å². The molecule has 1 aliphatic rings. The molecule has 0 spiro atoms. The van der Waals surface area contributed by atoms with Gasteiger partial charge in [0.1, 0.15) is 0 Å². The SMILES string of the molecule is CCOC(=O)c1nn(CC2=CC=CCC2)c(C)c1O. The Balaban J connectivity index is 2.22. The number of hydrogen-bond donors (Lipinski definition) is 1. The maximum absolute atomic E-state index is 11.6. The van der Waals surface area contributed by atoms with Crippen LogP contribution in [0.4, 0.5) is 0 Å². The van der Waals surface area contributed by atoms with Gasteiger partial charge in [0.25, 0.3) is 0 Å². The molecule has 0 fully saturated rings.